The Labute approximate surface area is 175 Å². The maximum absolute atomic E-state index is 14.3. The summed E-state index contributed by atoms with van der Waals surface area (Å²) in [6.07, 6.45) is 0.734. The predicted molar refractivity (Wildman–Crippen MR) is 109 cm³/mol. The number of hydrogen-bond acceptors (Lipinski definition) is 4. The van der Waals surface area contributed by atoms with Crippen molar-refractivity contribution in [3.63, 3.8) is 0 Å². The van der Waals surface area contributed by atoms with Gasteiger partial charge in [0.05, 0.1) is 4.88 Å². The first-order valence-corrected chi connectivity index (χ1v) is 10.1. The number of halogens is 3. The van der Waals surface area contributed by atoms with Crippen molar-refractivity contribution in [1.29, 1.82) is 0 Å². The molecular weight excluding hydrogens is 420 g/mol. The first-order chi connectivity index (χ1) is 13.9. The number of benzene rings is 2. The van der Waals surface area contributed by atoms with E-state index in [1.165, 1.54) is 17.1 Å². The van der Waals surface area contributed by atoms with E-state index in [9.17, 15) is 13.6 Å². The van der Waals surface area contributed by atoms with Crippen molar-refractivity contribution in [2.45, 2.75) is 32.8 Å². The van der Waals surface area contributed by atoms with Crippen molar-refractivity contribution in [3.8, 4) is 16.2 Å². The van der Waals surface area contributed by atoms with Gasteiger partial charge in [0.1, 0.15) is 11.8 Å². The van der Waals surface area contributed by atoms with Gasteiger partial charge in [-0.2, -0.15) is 4.37 Å². The van der Waals surface area contributed by atoms with Crippen LogP contribution in [0.3, 0.4) is 0 Å². The van der Waals surface area contributed by atoms with Crippen LogP contribution in [0.4, 0.5) is 8.78 Å². The Balaban J connectivity index is 1.79. The summed E-state index contributed by atoms with van der Waals surface area (Å²) in [6, 6.07) is 10.1. The third-order valence-corrected chi connectivity index (χ3v) is 5.76. The van der Waals surface area contributed by atoms with Crippen LogP contribution < -0.4 is 4.74 Å². The Morgan fingerprint density at radius 1 is 1.17 bits per heavy atom. The standard InChI is InChI=1S/C21H18ClF2NO3S/c1-2-12-3-6-14(7-4-12)20-15(21(22)25-29-20)11-28-19-16(23)9-13(10-17(19)24)5-8-18(26)27/h3-4,6-7,9-10H,2,5,8,11H2,1H3,(H,26,27). The molecule has 0 atom stereocenters. The Kier molecular flexibility index (Phi) is 6.82. The zero-order valence-electron chi connectivity index (χ0n) is 15.5. The molecule has 29 heavy (non-hydrogen) atoms. The molecule has 0 amide bonds. The zero-order valence-corrected chi connectivity index (χ0v) is 17.1. The van der Waals surface area contributed by atoms with E-state index in [0.717, 1.165) is 29.0 Å². The summed E-state index contributed by atoms with van der Waals surface area (Å²) in [6.45, 7) is 1.91. The minimum atomic E-state index is -1.04. The molecule has 0 saturated carbocycles. The number of nitrogens with zero attached hydrogens (tertiary/aromatic N) is 1. The maximum Gasteiger partial charge on any atom is 0.303 e. The summed E-state index contributed by atoms with van der Waals surface area (Å²) in [7, 11) is 0. The quantitative estimate of drug-likeness (QED) is 0.476. The van der Waals surface area contributed by atoms with E-state index in [4.69, 9.17) is 21.4 Å². The van der Waals surface area contributed by atoms with Gasteiger partial charge in [0.2, 0.25) is 0 Å². The molecule has 1 aromatic heterocycles. The van der Waals surface area contributed by atoms with Crippen molar-refractivity contribution in [1.82, 2.24) is 4.37 Å². The van der Waals surface area contributed by atoms with Crippen LogP contribution in [-0.2, 0) is 24.2 Å². The van der Waals surface area contributed by atoms with Crippen LogP contribution in [-0.4, -0.2) is 15.4 Å². The summed E-state index contributed by atoms with van der Waals surface area (Å²) in [5.41, 5.74) is 2.89. The number of aliphatic carboxylic acids is 1. The van der Waals surface area contributed by atoms with E-state index >= 15 is 0 Å². The van der Waals surface area contributed by atoms with Crippen LogP contribution in [0.15, 0.2) is 36.4 Å². The summed E-state index contributed by atoms with van der Waals surface area (Å²) >= 11 is 7.36. The summed E-state index contributed by atoms with van der Waals surface area (Å²) in [5.74, 6) is -3.35. The van der Waals surface area contributed by atoms with Gasteiger partial charge in [-0.15, -0.1) is 0 Å². The Morgan fingerprint density at radius 3 is 2.41 bits per heavy atom. The molecular formula is C21H18ClF2NO3S. The largest absolute Gasteiger partial charge is 0.483 e. The highest BCUT2D eigenvalue weighted by Gasteiger charge is 2.18. The SMILES string of the molecule is CCc1ccc(-c2snc(Cl)c2COc2c(F)cc(CCC(=O)O)cc2F)cc1. The molecule has 0 radical (unpaired) electrons. The van der Waals surface area contributed by atoms with Gasteiger partial charge in [-0.1, -0.05) is 42.8 Å². The van der Waals surface area contributed by atoms with E-state index in [0.29, 0.717) is 5.56 Å². The molecule has 2 aromatic carbocycles. The number of carbonyl (C=O) groups is 1. The lowest BCUT2D eigenvalue weighted by molar-refractivity contribution is -0.136. The second-order valence-electron chi connectivity index (χ2n) is 6.40. The number of carboxylic acids is 1. The van der Waals surface area contributed by atoms with Gasteiger partial charge in [-0.05, 0) is 53.2 Å². The number of ether oxygens (including phenoxy) is 1. The molecule has 3 aromatic rings. The average molecular weight is 438 g/mol. The minimum Gasteiger partial charge on any atom is -0.483 e. The van der Waals surface area contributed by atoms with Gasteiger partial charge in [-0.25, -0.2) is 8.78 Å². The number of hydrogen-bond donors (Lipinski definition) is 1. The molecule has 152 valence electrons. The van der Waals surface area contributed by atoms with Gasteiger partial charge >= 0.3 is 5.97 Å². The van der Waals surface area contributed by atoms with E-state index in [1.807, 2.05) is 24.3 Å². The van der Waals surface area contributed by atoms with Gasteiger partial charge in [0.15, 0.2) is 17.4 Å². The molecule has 0 aliphatic carbocycles. The van der Waals surface area contributed by atoms with Crippen LogP contribution >= 0.6 is 23.1 Å². The molecule has 0 spiro atoms. The number of aryl methyl sites for hydroxylation is 2. The number of carboxylic acid groups (broad SMARTS) is 1. The summed E-state index contributed by atoms with van der Waals surface area (Å²) in [5, 5.41) is 8.93. The highest BCUT2D eigenvalue weighted by atomic mass is 35.5. The monoisotopic (exact) mass is 437 g/mol. The molecule has 1 N–H and O–H groups in total. The predicted octanol–water partition coefficient (Wildman–Crippen LogP) is 5.90. The lowest BCUT2D eigenvalue weighted by atomic mass is 10.1. The normalized spacial score (nSPS) is 10.9. The van der Waals surface area contributed by atoms with Crippen LogP contribution in [0.2, 0.25) is 5.15 Å². The van der Waals surface area contributed by atoms with E-state index < -0.39 is 23.4 Å². The first-order valence-electron chi connectivity index (χ1n) is 8.95. The highest BCUT2D eigenvalue weighted by molar-refractivity contribution is 7.10. The van der Waals surface area contributed by atoms with Gasteiger partial charge in [0, 0.05) is 12.0 Å². The fraction of sp³-hybridized carbons (Fsp3) is 0.238. The van der Waals surface area contributed by atoms with Crippen molar-refractivity contribution in [3.05, 3.63) is 69.9 Å². The second kappa shape index (κ2) is 9.33. The van der Waals surface area contributed by atoms with Crippen molar-refractivity contribution < 1.29 is 23.4 Å². The second-order valence-corrected chi connectivity index (χ2v) is 7.53. The molecule has 4 nitrogen and oxygen atoms in total. The maximum atomic E-state index is 14.3. The molecule has 3 rings (SSSR count). The fourth-order valence-corrected chi connectivity index (χ4v) is 3.92. The lowest BCUT2D eigenvalue weighted by Gasteiger charge is -2.11. The fourth-order valence-electron chi connectivity index (χ4n) is 2.82. The van der Waals surface area contributed by atoms with E-state index in [-0.39, 0.29) is 30.2 Å². The Morgan fingerprint density at radius 2 is 1.83 bits per heavy atom. The molecule has 8 heteroatoms. The smallest absolute Gasteiger partial charge is 0.303 e. The number of rotatable bonds is 8. The van der Waals surface area contributed by atoms with Crippen molar-refractivity contribution in [2.24, 2.45) is 0 Å². The topological polar surface area (TPSA) is 59.4 Å². The van der Waals surface area contributed by atoms with Gasteiger partial charge < -0.3 is 9.84 Å². The molecule has 0 aliphatic heterocycles. The summed E-state index contributed by atoms with van der Waals surface area (Å²) in [4.78, 5) is 11.4. The summed E-state index contributed by atoms with van der Waals surface area (Å²) < 4.78 is 38.2. The molecule has 0 saturated heterocycles. The Bertz CT molecular complexity index is 998. The average Bonchev–Trinajstić information content (AvgIpc) is 3.06. The third-order valence-electron chi connectivity index (χ3n) is 4.41. The zero-order chi connectivity index (χ0) is 21.0. The van der Waals surface area contributed by atoms with Gasteiger partial charge in [-0.3, -0.25) is 4.79 Å². The van der Waals surface area contributed by atoms with Crippen molar-refractivity contribution >= 4 is 29.1 Å². The van der Waals surface area contributed by atoms with Gasteiger partial charge in [0.25, 0.3) is 0 Å². The molecule has 0 bridgehead atoms. The Hall–Kier alpha value is -2.51. The molecule has 0 aliphatic rings. The van der Waals surface area contributed by atoms with Crippen LogP contribution in [0.5, 0.6) is 5.75 Å². The third kappa shape index (κ3) is 5.10. The van der Waals surface area contributed by atoms with E-state index in [2.05, 4.69) is 11.3 Å². The first kappa shape index (κ1) is 21.2. The minimum absolute atomic E-state index is 0.0294. The van der Waals surface area contributed by atoms with Crippen molar-refractivity contribution in [2.75, 3.05) is 0 Å². The van der Waals surface area contributed by atoms with Crippen LogP contribution in [0.25, 0.3) is 10.4 Å². The van der Waals surface area contributed by atoms with Crippen LogP contribution in [0.1, 0.15) is 30.0 Å². The van der Waals surface area contributed by atoms with Crippen LogP contribution in [0, 0.1) is 11.6 Å². The number of aromatic nitrogens is 1. The molecule has 0 unspecified atom stereocenters. The molecule has 0 fully saturated rings. The van der Waals surface area contributed by atoms with E-state index in [1.54, 1.807) is 0 Å². The lowest BCUT2D eigenvalue weighted by Crippen LogP contribution is -2.03. The highest BCUT2D eigenvalue weighted by Crippen LogP contribution is 2.35. The molecule has 1 heterocycles.